The van der Waals surface area contributed by atoms with Crippen LogP contribution in [0.25, 0.3) is 0 Å². The molecule has 1 aromatic rings. The van der Waals surface area contributed by atoms with E-state index in [9.17, 15) is 5.11 Å². The number of rotatable bonds is 10. The number of aliphatic hydroxyl groups is 1. The molecule has 1 saturated heterocycles. The summed E-state index contributed by atoms with van der Waals surface area (Å²) in [4.78, 5) is 2.44. The highest BCUT2D eigenvalue weighted by Gasteiger charge is 2.37. The first-order chi connectivity index (χ1) is 11.2. The Balaban J connectivity index is 1.69. The van der Waals surface area contributed by atoms with E-state index in [0.29, 0.717) is 6.04 Å². The van der Waals surface area contributed by atoms with Gasteiger partial charge in [-0.2, -0.15) is 0 Å². The summed E-state index contributed by atoms with van der Waals surface area (Å²) in [7, 11) is 2.20. The highest BCUT2D eigenvalue weighted by molar-refractivity contribution is 5.17. The standard InChI is InChI=1S/C21H35NO/c1-3-4-5-6-7-8-12-15-19-17-21(23)20(22(19)2)16-18-13-10-9-11-14-18/h9-11,13-14,19-21,23H,3-8,12,15-17H2,1-2H3/t19-,20+,21-/m0/s1. The van der Waals surface area contributed by atoms with Crippen LogP contribution in [-0.2, 0) is 6.42 Å². The van der Waals surface area contributed by atoms with Crippen LogP contribution in [0.15, 0.2) is 30.3 Å². The van der Waals surface area contributed by atoms with Crippen LogP contribution in [0.5, 0.6) is 0 Å². The molecule has 0 aliphatic carbocycles. The van der Waals surface area contributed by atoms with E-state index in [4.69, 9.17) is 0 Å². The van der Waals surface area contributed by atoms with Gasteiger partial charge in [-0.15, -0.1) is 0 Å². The molecule has 1 aromatic carbocycles. The Hall–Kier alpha value is -0.860. The Morgan fingerprint density at radius 1 is 1.00 bits per heavy atom. The summed E-state index contributed by atoms with van der Waals surface area (Å²) in [5.41, 5.74) is 1.33. The molecule has 0 radical (unpaired) electrons. The molecular formula is C21H35NO. The van der Waals surface area contributed by atoms with E-state index in [0.717, 1.165) is 12.8 Å². The Morgan fingerprint density at radius 2 is 1.65 bits per heavy atom. The van der Waals surface area contributed by atoms with Gasteiger partial charge in [0.15, 0.2) is 0 Å². The molecule has 1 heterocycles. The van der Waals surface area contributed by atoms with Crippen LogP contribution in [0.2, 0.25) is 0 Å². The average molecular weight is 318 g/mol. The topological polar surface area (TPSA) is 23.5 Å². The van der Waals surface area contributed by atoms with Gasteiger partial charge < -0.3 is 5.11 Å². The maximum absolute atomic E-state index is 10.4. The zero-order valence-electron chi connectivity index (χ0n) is 15.1. The first-order valence-corrected chi connectivity index (χ1v) is 9.66. The van der Waals surface area contributed by atoms with Crippen LogP contribution in [0.4, 0.5) is 0 Å². The van der Waals surface area contributed by atoms with E-state index >= 15 is 0 Å². The summed E-state index contributed by atoms with van der Waals surface area (Å²) in [6, 6.07) is 11.4. The van der Waals surface area contributed by atoms with Crippen molar-refractivity contribution in [3.05, 3.63) is 35.9 Å². The Kier molecular flexibility index (Phi) is 8.11. The van der Waals surface area contributed by atoms with Crippen molar-refractivity contribution in [1.29, 1.82) is 0 Å². The molecule has 1 aliphatic heterocycles. The van der Waals surface area contributed by atoms with Crippen molar-refractivity contribution < 1.29 is 5.11 Å². The first kappa shape index (κ1) is 18.5. The fraction of sp³-hybridized carbons (Fsp3) is 0.714. The molecule has 2 heteroatoms. The van der Waals surface area contributed by atoms with Gasteiger partial charge in [-0.3, -0.25) is 4.90 Å². The molecule has 0 amide bonds. The summed E-state index contributed by atoms with van der Waals surface area (Å²) >= 11 is 0. The number of nitrogens with zero attached hydrogens (tertiary/aromatic N) is 1. The minimum absolute atomic E-state index is 0.172. The van der Waals surface area contributed by atoms with Gasteiger partial charge in [0.2, 0.25) is 0 Å². The smallest absolute Gasteiger partial charge is 0.0713 e. The second-order valence-electron chi connectivity index (χ2n) is 7.29. The van der Waals surface area contributed by atoms with Crippen LogP contribution >= 0.6 is 0 Å². The molecule has 1 aliphatic rings. The lowest BCUT2D eigenvalue weighted by atomic mass is 10.0. The second kappa shape index (κ2) is 10.1. The Labute approximate surface area is 142 Å². The third-order valence-electron chi connectivity index (χ3n) is 5.49. The summed E-state index contributed by atoms with van der Waals surface area (Å²) in [5, 5.41) is 10.4. The fourth-order valence-corrected chi connectivity index (χ4v) is 3.94. The normalized spacial score (nSPS) is 25.1. The van der Waals surface area contributed by atoms with E-state index in [1.165, 1.54) is 56.9 Å². The molecule has 1 fully saturated rings. The Bertz CT molecular complexity index is 419. The summed E-state index contributed by atoms with van der Waals surface area (Å²) in [6.07, 6.45) is 12.5. The van der Waals surface area contributed by atoms with E-state index < -0.39 is 0 Å². The van der Waals surface area contributed by atoms with Crippen molar-refractivity contribution in [2.24, 2.45) is 0 Å². The van der Waals surface area contributed by atoms with Crippen LogP contribution < -0.4 is 0 Å². The van der Waals surface area contributed by atoms with Crippen LogP contribution in [0.1, 0.15) is 70.3 Å². The second-order valence-corrected chi connectivity index (χ2v) is 7.29. The number of aliphatic hydroxyl groups excluding tert-OH is 1. The zero-order chi connectivity index (χ0) is 16.5. The fourth-order valence-electron chi connectivity index (χ4n) is 3.94. The SMILES string of the molecule is CCCCCCCCC[C@H]1C[C@H](O)[C@@H](Cc2ccccc2)N1C. The number of likely N-dealkylation sites (N-methyl/N-ethyl adjacent to an activating group) is 1. The van der Waals surface area contributed by atoms with Crippen molar-refractivity contribution in [1.82, 2.24) is 4.90 Å². The van der Waals surface area contributed by atoms with Gasteiger partial charge in [0.25, 0.3) is 0 Å². The Morgan fingerprint density at radius 3 is 2.35 bits per heavy atom. The zero-order valence-corrected chi connectivity index (χ0v) is 15.1. The quantitative estimate of drug-likeness (QED) is 0.626. The number of likely N-dealkylation sites (tertiary alicyclic amines) is 1. The molecule has 0 unspecified atom stereocenters. The predicted octanol–water partition coefficient (Wildman–Crippen LogP) is 4.80. The molecule has 2 nitrogen and oxygen atoms in total. The molecule has 0 bridgehead atoms. The lowest BCUT2D eigenvalue weighted by Crippen LogP contribution is -2.37. The highest BCUT2D eigenvalue weighted by Crippen LogP contribution is 2.29. The van der Waals surface area contributed by atoms with Crippen molar-refractivity contribution in [3.63, 3.8) is 0 Å². The molecule has 0 aromatic heterocycles. The lowest BCUT2D eigenvalue weighted by Gasteiger charge is -2.26. The van der Waals surface area contributed by atoms with E-state index in [-0.39, 0.29) is 12.1 Å². The van der Waals surface area contributed by atoms with E-state index in [2.05, 4.69) is 49.2 Å². The lowest BCUT2D eigenvalue weighted by molar-refractivity contribution is 0.123. The summed E-state index contributed by atoms with van der Waals surface area (Å²) in [5.74, 6) is 0. The molecule has 3 atom stereocenters. The maximum atomic E-state index is 10.4. The minimum Gasteiger partial charge on any atom is -0.391 e. The molecule has 23 heavy (non-hydrogen) atoms. The largest absolute Gasteiger partial charge is 0.391 e. The number of benzene rings is 1. The van der Waals surface area contributed by atoms with Gasteiger partial charge in [-0.1, -0.05) is 82.2 Å². The van der Waals surface area contributed by atoms with Crippen LogP contribution in [0.3, 0.4) is 0 Å². The van der Waals surface area contributed by atoms with Crippen molar-refractivity contribution in [3.8, 4) is 0 Å². The first-order valence-electron chi connectivity index (χ1n) is 9.66. The van der Waals surface area contributed by atoms with Crippen molar-refractivity contribution in [2.45, 2.75) is 89.3 Å². The van der Waals surface area contributed by atoms with Gasteiger partial charge in [0, 0.05) is 12.1 Å². The average Bonchev–Trinajstić information content (AvgIpc) is 2.83. The van der Waals surface area contributed by atoms with E-state index in [1.54, 1.807) is 0 Å². The van der Waals surface area contributed by atoms with Gasteiger partial charge in [-0.05, 0) is 31.9 Å². The predicted molar refractivity (Wildman–Crippen MR) is 98.7 cm³/mol. The minimum atomic E-state index is -0.172. The third-order valence-corrected chi connectivity index (χ3v) is 5.49. The number of unbranched alkanes of at least 4 members (excludes halogenated alkanes) is 6. The highest BCUT2D eigenvalue weighted by atomic mass is 16.3. The summed E-state index contributed by atoms with van der Waals surface area (Å²) in [6.45, 7) is 2.27. The third kappa shape index (κ3) is 5.93. The molecule has 0 saturated carbocycles. The van der Waals surface area contributed by atoms with Gasteiger partial charge in [0.05, 0.1) is 6.10 Å². The van der Waals surface area contributed by atoms with Gasteiger partial charge >= 0.3 is 0 Å². The molecule has 1 N–H and O–H groups in total. The molecule has 2 rings (SSSR count). The molecule has 0 spiro atoms. The van der Waals surface area contributed by atoms with Crippen molar-refractivity contribution in [2.75, 3.05) is 7.05 Å². The van der Waals surface area contributed by atoms with Gasteiger partial charge in [0.1, 0.15) is 0 Å². The number of hydrogen-bond acceptors (Lipinski definition) is 2. The maximum Gasteiger partial charge on any atom is 0.0713 e. The van der Waals surface area contributed by atoms with Gasteiger partial charge in [-0.25, -0.2) is 0 Å². The van der Waals surface area contributed by atoms with Crippen molar-refractivity contribution >= 4 is 0 Å². The molecule has 130 valence electrons. The van der Waals surface area contributed by atoms with E-state index in [1.807, 2.05) is 0 Å². The monoisotopic (exact) mass is 317 g/mol. The van der Waals surface area contributed by atoms with Crippen LogP contribution in [0, 0.1) is 0 Å². The summed E-state index contributed by atoms with van der Waals surface area (Å²) < 4.78 is 0. The van der Waals surface area contributed by atoms with Crippen LogP contribution in [-0.4, -0.2) is 35.2 Å². The molecular weight excluding hydrogens is 282 g/mol. The number of hydrogen-bond donors (Lipinski definition) is 1.